The summed E-state index contributed by atoms with van der Waals surface area (Å²) >= 11 is 0. The lowest BCUT2D eigenvalue weighted by molar-refractivity contribution is -0.133. The lowest BCUT2D eigenvalue weighted by atomic mass is 9.91. The Kier molecular flexibility index (Phi) is 5.37. The van der Waals surface area contributed by atoms with Gasteiger partial charge in [-0.3, -0.25) is 14.7 Å². The number of pyridine rings is 1. The van der Waals surface area contributed by atoms with Crippen LogP contribution in [0.3, 0.4) is 0 Å². The molecule has 0 saturated carbocycles. The highest BCUT2D eigenvalue weighted by atomic mass is 16.2. The number of hydrogen-bond donors (Lipinski definition) is 1. The Labute approximate surface area is 163 Å². The SMILES string of the molecule is O=C(Cn1ccc(=O)cc1)N1CCCC(c2[nH]ncc2Cc2ccccc2)C1. The largest absolute Gasteiger partial charge is 0.345 e. The fourth-order valence-corrected chi connectivity index (χ4v) is 3.88. The van der Waals surface area contributed by atoms with Gasteiger partial charge in [0.2, 0.25) is 5.91 Å². The van der Waals surface area contributed by atoms with Gasteiger partial charge in [-0.05, 0) is 24.0 Å². The molecule has 0 spiro atoms. The maximum Gasteiger partial charge on any atom is 0.242 e. The van der Waals surface area contributed by atoms with Crippen LogP contribution in [-0.2, 0) is 17.8 Å². The number of piperidine rings is 1. The topological polar surface area (TPSA) is 71.0 Å². The number of nitrogens with zero attached hydrogens (tertiary/aromatic N) is 3. The van der Waals surface area contributed by atoms with Gasteiger partial charge in [0.05, 0.1) is 6.20 Å². The van der Waals surface area contributed by atoms with E-state index in [9.17, 15) is 9.59 Å². The molecule has 1 fully saturated rings. The van der Waals surface area contributed by atoms with Crippen LogP contribution >= 0.6 is 0 Å². The van der Waals surface area contributed by atoms with E-state index in [0.29, 0.717) is 6.54 Å². The third-order valence-corrected chi connectivity index (χ3v) is 5.35. The minimum atomic E-state index is -0.0491. The van der Waals surface area contributed by atoms with Crippen molar-refractivity contribution in [2.24, 2.45) is 0 Å². The number of rotatable bonds is 5. The van der Waals surface area contributed by atoms with Crippen LogP contribution in [0.5, 0.6) is 0 Å². The van der Waals surface area contributed by atoms with Gasteiger partial charge in [-0.15, -0.1) is 0 Å². The summed E-state index contributed by atoms with van der Waals surface area (Å²) in [7, 11) is 0. The van der Waals surface area contributed by atoms with Gasteiger partial charge in [-0.25, -0.2) is 0 Å². The molecule has 0 radical (unpaired) electrons. The van der Waals surface area contributed by atoms with Gasteiger partial charge >= 0.3 is 0 Å². The van der Waals surface area contributed by atoms with Gasteiger partial charge in [0.15, 0.2) is 5.43 Å². The van der Waals surface area contributed by atoms with E-state index in [2.05, 4.69) is 22.3 Å². The van der Waals surface area contributed by atoms with Crippen molar-refractivity contribution in [3.05, 3.63) is 88.1 Å². The second-order valence-corrected chi connectivity index (χ2v) is 7.36. The van der Waals surface area contributed by atoms with Crippen LogP contribution in [0, 0.1) is 0 Å². The van der Waals surface area contributed by atoms with Gasteiger partial charge < -0.3 is 9.47 Å². The molecule has 144 valence electrons. The molecule has 0 bridgehead atoms. The monoisotopic (exact) mass is 376 g/mol. The first-order valence-corrected chi connectivity index (χ1v) is 9.69. The van der Waals surface area contributed by atoms with Crippen molar-refractivity contribution in [3.8, 4) is 0 Å². The number of aromatic amines is 1. The molecular weight excluding hydrogens is 352 g/mol. The van der Waals surface area contributed by atoms with E-state index in [1.54, 1.807) is 17.0 Å². The molecule has 6 heteroatoms. The van der Waals surface area contributed by atoms with E-state index in [1.807, 2.05) is 29.3 Å². The second kappa shape index (κ2) is 8.25. The molecule has 1 atom stereocenters. The van der Waals surface area contributed by atoms with Crippen LogP contribution < -0.4 is 5.43 Å². The quantitative estimate of drug-likeness (QED) is 0.744. The molecule has 1 amide bonds. The highest BCUT2D eigenvalue weighted by Crippen LogP contribution is 2.29. The Hall–Kier alpha value is -3.15. The summed E-state index contributed by atoms with van der Waals surface area (Å²) in [5.41, 5.74) is 3.55. The summed E-state index contributed by atoms with van der Waals surface area (Å²) in [6.07, 6.45) is 8.09. The summed E-state index contributed by atoms with van der Waals surface area (Å²) in [6, 6.07) is 13.3. The standard InChI is InChI=1S/C22H24N4O2/c27-20-8-11-25(12-9-20)16-21(28)26-10-4-7-18(15-26)22-19(14-23-24-22)13-17-5-2-1-3-6-17/h1-3,5-6,8-9,11-12,14,18H,4,7,10,13,15-16H2,(H,23,24). The van der Waals surface area contributed by atoms with Gasteiger partial charge in [0, 0.05) is 55.6 Å². The Balaban J connectivity index is 1.44. The van der Waals surface area contributed by atoms with Gasteiger partial charge in [0.1, 0.15) is 6.54 Å². The third-order valence-electron chi connectivity index (χ3n) is 5.35. The van der Waals surface area contributed by atoms with Crippen molar-refractivity contribution >= 4 is 5.91 Å². The first-order chi connectivity index (χ1) is 13.7. The van der Waals surface area contributed by atoms with Crippen molar-refractivity contribution in [3.63, 3.8) is 0 Å². The number of hydrogen-bond acceptors (Lipinski definition) is 3. The summed E-state index contributed by atoms with van der Waals surface area (Å²) < 4.78 is 1.75. The molecular formula is C22H24N4O2. The van der Waals surface area contributed by atoms with Crippen molar-refractivity contribution in [1.29, 1.82) is 0 Å². The predicted octanol–water partition coefficient (Wildman–Crippen LogP) is 2.57. The molecule has 3 aromatic rings. The fraction of sp³-hybridized carbons (Fsp3) is 0.318. The van der Waals surface area contributed by atoms with E-state index in [0.717, 1.165) is 31.5 Å². The van der Waals surface area contributed by atoms with E-state index < -0.39 is 0 Å². The summed E-state index contributed by atoms with van der Waals surface area (Å²) in [6.45, 7) is 1.73. The van der Waals surface area contributed by atoms with Crippen molar-refractivity contribution in [2.75, 3.05) is 13.1 Å². The Morgan fingerprint density at radius 1 is 1.14 bits per heavy atom. The molecule has 6 nitrogen and oxygen atoms in total. The zero-order chi connectivity index (χ0) is 19.3. The van der Waals surface area contributed by atoms with Gasteiger partial charge in [-0.1, -0.05) is 30.3 Å². The third kappa shape index (κ3) is 4.22. The molecule has 1 aliphatic rings. The van der Waals surface area contributed by atoms with E-state index >= 15 is 0 Å². The summed E-state index contributed by atoms with van der Waals surface area (Å²) in [5.74, 6) is 0.352. The molecule has 4 rings (SSSR count). The zero-order valence-corrected chi connectivity index (χ0v) is 15.8. The highest BCUT2D eigenvalue weighted by molar-refractivity contribution is 5.76. The molecule has 1 N–H and O–H groups in total. The molecule has 3 heterocycles. The highest BCUT2D eigenvalue weighted by Gasteiger charge is 2.27. The number of likely N-dealkylation sites (tertiary alicyclic amines) is 1. The zero-order valence-electron chi connectivity index (χ0n) is 15.8. The smallest absolute Gasteiger partial charge is 0.242 e. The normalized spacial score (nSPS) is 16.9. The van der Waals surface area contributed by atoms with Crippen LogP contribution in [0.15, 0.2) is 65.8 Å². The van der Waals surface area contributed by atoms with Crippen molar-refractivity contribution in [2.45, 2.75) is 31.7 Å². The minimum absolute atomic E-state index is 0.0491. The van der Waals surface area contributed by atoms with Crippen molar-refractivity contribution in [1.82, 2.24) is 19.7 Å². The first kappa shape index (κ1) is 18.2. The number of carbonyl (C=O) groups excluding carboxylic acids is 1. The number of nitrogens with one attached hydrogen (secondary N) is 1. The number of amides is 1. The maximum atomic E-state index is 12.7. The Morgan fingerprint density at radius 2 is 1.93 bits per heavy atom. The second-order valence-electron chi connectivity index (χ2n) is 7.36. The van der Waals surface area contributed by atoms with Crippen molar-refractivity contribution < 1.29 is 4.79 Å². The average Bonchev–Trinajstić information content (AvgIpc) is 3.19. The first-order valence-electron chi connectivity index (χ1n) is 9.69. The van der Waals surface area contributed by atoms with E-state index in [1.165, 1.54) is 23.3 Å². The lowest BCUT2D eigenvalue weighted by Gasteiger charge is -2.33. The average molecular weight is 376 g/mol. The molecule has 1 aromatic carbocycles. The summed E-state index contributed by atoms with van der Waals surface area (Å²) in [5, 5.41) is 7.46. The molecule has 28 heavy (non-hydrogen) atoms. The maximum absolute atomic E-state index is 12.7. The van der Waals surface area contributed by atoms with Gasteiger partial charge in [-0.2, -0.15) is 5.10 Å². The molecule has 2 aromatic heterocycles. The van der Waals surface area contributed by atoms with Crippen LogP contribution in [0.25, 0.3) is 0 Å². The van der Waals surface area contributed by atoms with Crippen LogP contribution in [-0.4, -0.2) is 38.7 Å². The molecule has 0 aliphatic carbocycles. The number of aromatic nitrogens is 3. The van der Waals surface area contributed by atoms with Crippen LogP contribution in [0.2, 0.25) is 0 Å². The summed E-state index contributed by atoms with van der Waals surface area (Å²) in [4.78, 5) is 25.9. The van der Waals surface area contributed by atoms with E-state index in [-0.39, 0.29) is 23.8 Å². The van der Waals surface area contributed by atoms with Crippen LogP contribution in [0.1, 0.15) is 35.6 Å². The molecule has 1 unspecified atom stereocenters. The molecule has 1 aliphatic heterocycles. The minimum Gasteiger partial charge on any atom is -0.345 e. The Bertz CT molecular complexity index is 973. The van der Waals surface area contributed by atoms with Gasteiger partial charge in [0.25, 0.3) is 0 Å². The number of benzene rings is 1. The fourth-order valence-electron chi connectivity index (χ4n) is 3.88. The number of carbonyl (C=O) groups is 1. The Morgan fingerprint density at radius 3 is 2.71 bits per heavy atom. The molecule has 1 saturated heterocycles. The number of H-pyrrole nitrogens is 1. The predicted molar refractivity (Wildman–Crippen MR) is 107 cm³/mol. The lowest BCUT2D eigenvalue weighted by Crippen LogP contribution is -2.41. The van der Waals surface area contributed by atoms with Crippen LogP contribution in [0.4, 0.5) is 0 Å². The van der Waals surface area contributed by atoms with E-state index in [4.69, 9.17) is 0 Å².